The number of fused-ring (bicyclic) bond motifs is 1. The molecule has 0 aliphatic rings. The highest BCUT2D eigenvalue weighted by Crippen LogP contribution is 2.36. The van der Waals surface area contributed by atoms with Crippen LogP contribution in [0.4, 0.5) is 24.7 Å². The Morgan fingerprint density at radius 3 is 2.42 bits per heavy atom. The molecular weight excluding hydrogens is 527 g/mol. The van der Waals surface area contributed by atoms with Crippen LogP contribution in [0.25, 0.3) is 22.0 Å². The first-order valence-corrected chi connectivity index (χ1v) is 12.1. The number of benzene rings is 3. The van der Waals surface area contributed by atoms with Gasteiger partial charge in [-0.2, -0.15) is 13.2 Å². The van der Waals surface area contributed by atoms with Crippen molar-refractivity contribution in [3.63, 3.8) is 0 Å². The van der Waals surface area contributed by atoms with Gasteiger partial charge in [0.1, 0.15) is 17.9 Å². The number of halogens is 3. The van der Waals surface area contributed by atoms with Gasteiger partial charge in [0.15, 0.2) is 0 Å². The molecule has 0 aliphatic heterocycles. The van der Waals surface area contributed by atoms with E-state index in [1.54, 1.807) is 27.1 Å². The van der Waals surface area contributed by atoms with Gasteiger partial charge in [-0.25, -0.2) is 9.97 Å². The number of hydrogen-bond acceptors (Lipinski definition) is 7. The summed E-state index contributed by atoms with van der Waals surface area (Å²) in [6.45, 7) is 1.59. The van der Waals surface area contributed by atoms with Crippen LogP contribution in [0.15, 0.2) is 60.9 Å². The Bertz CT molecular complexity index is 1590. The highest BCUT2D eigenvalue weighted by molar-refractivity contribution is 5.92. The minimum Gasteiger partial charge on any atom is -0.496 e. The molecule has 0 saturated heterocycles. The molecule has 0 aliphatic carbocycles. The van der Waals surface area contributed by atoms with Crippen molar-refractivity contribution in [1.82, 2.24) is 14.9 Å². The number of carbonyl (C=O) groups is 1. The lowest BCUT2D eigenvalue weighted by atomic mass is 9.99. The Hall–Kier alpha value is -4.74. The quantitative estimate of drug-likeness (QED) is 0.209. The third-order valence-electron chi connectivity index (χ3n) is 6.43. The van der Waals surface area contributed by atoms with E-state index < -0.39 is 28.4 Å². The number of nitrogens with one attached hydrogen (secondary N) is 1. The largest absolute Gasteiger partial charge is 0.496 e. The zero-order valence-electron chi connectivity index (χ0n) is 22.1. The van der Waals surface area contributed by atoms with Crippen LogP contribution in [0.5, 0.6) is 5.75 Å². The molecule has 3 aromatic carbocycles. The molecular formula is C28H26F3N5O4. The molecule has 1 aromatic heterocycles. The monoisotopic (exact) mass is 553 g/mol. The molecule has 0 spiro atoms. The van der Waals surface area contributed by atoms with Crippen LogP contribution < -0.4 is 10.1 Å². The number of methoxy groups -OCH3 is 1. The fourth-order valence-corrected chi connectivity index (χ4v) is 4.18. The SMILES string of the molecule is COc1cc(-c2ccc3ncnc(N[C@H](C)c4cc([N+](=O)[O-])cc(C(F)(F)F)c4)c3c2)ccc1CC(=O)N(C)C. The molecule has 0 bridgehead atoms. The van der Waals surface area contributed by atoms with E-state index in [1.807, 2.05) is 30.3 Å². The normalized spacial score (nSPS) is 12.2. The van der Waals surface area contributed by atoms with Crippen molar-refractivity contribution >= 4 is 28.3 Å². The summed E-state index contributed by atoms with van der Waals surface area (Å²) in [7, 11) is 4.89. The Morgan fingerprint density at radius 1 is 1.07 bits per heavy atom. The zero-order valence-corrected chi connectivity index (χ0v) is 22.1. The minimum absolute atomic E-state index is 0.0650. The number of non-ortho nitro benzene ring substituents is 1. The second kappa shape index (κ2) is 11.2. The second-order valence-corrected chi connectivity index (χ2v) is 9.38. The van der Waals surface area contributed by atoms with Gasteiger partial charge in [-0.1, -0.05) is 18.2 Å². The molecule has 0 radical (unpaired) electrons. The molecule has 4 rings (SSSR count). The molecule has 208 valence electrons. The van der Waals surface area contributed by atoms with Crippen LogP contribution in [0.2, 0.25) is 0 Å². The van der Waals surface area contributed by atoms with Gasteiger partial charge in [0.25, 0.3) is 5.69 Å². The second-order valence-electron chi connectivity index (χ2n) is 9.38. The van der Waals surface area contributed by atoms with Gasteiger partial charge in [-0.15, -0.1) is 0 Å². The number of carbonyl (C=O) groups excluding carboxylic acids is 1. The highest BCUT2D eigenvalue weighted by Gasteiger charge is 2.33. The number of ether oxygens (including phenoxy) is 1. The summed E-state index contributed by atoms with van der Waals surface area (Å²) in [6.07, 6.45) is -3.24. The van der Waals surface area contributed by atoms with Crippen molar-refractivity contribution in [3.05, 3.63) is 87.7 Å². The molecule has 1 heterocycles. The van der Waals surface area contributed by atoms with Gasteiger partial charge in [-0.05, 0) is 47.9 Å². The van der Waals surface area contributed by atoms with E-state index in [0.29, 0.717) is 28.5 Å². The predicted octanol–water partition coefficient (Wildman–Crippen LogP) is 6.04. The van der Waals surface area contributed by atoms with E-state index in [2.05, 4.69) is 15.3 Å². The summed E-state index contributed by atoms with van der Waals surface area (Å²) in [5, 5.41) is 15.0. The van der Waals surface area contributed by atoms with Crippen LogP contribution >= 0.6 is 0 Å². The Morgan fingerprint density at radius 2 is 1.77 bits per heavy atom. The number of nitro groups is 1. The van der Waals surface area contributed by atoms with E-state index in [1.165, 1.54) is 18.3 Å². The number of aromatic nitrogens is 2. The third-order valence-corrected chi connectivity index (χ3v) is 6.43. The fraction of sp³-hybridized carbons (Fsp3) is 0.250. The summed E-state index contributed by atoms with van der Waals surface area (Å²) in [4.78, 5) is 32.7. The summed E-state index contributed by atoms with van der Waals surface area (Å²) in [6, 6.07) is 12.7. The summed E-state index contributed by atoms with van der Waals surface area (Å²) < 4.78 is 45.7. The minimum atomic E-state index is -4.74. The van der Waals surface area contributed by atoms with Crippen molar-refractivity contribution < 1.29 is 27.6 Å². The van der Waals surface area contributed by atoms with Crippen molar-refractivity contribution in [2.75, 3.05) is 26.5 Å². The first-order valence-electron chi connectivity index (χ1n) is 12.1. The Kier molecular flexibility index (Phi) is 7.89. The molecule has 12 heteroatoms. The molecule has 1 atom stereocenters. The average Bonchev–Trinajstić information content (AvgIpc) is 2.92. The lowest BCUT2D eigenvalue weighted by molar-refractivity contribution is -0.385. The van der Waals surface area contributed by atoms with Crippen LogP contribution in [-0.4, -0.2) is 46.9 Å². The Labute approximate surface area is 227 Å². The molecule has 1 amide bonds. The topological polar surface area (TPSA) is 110 Å². The van der Waals surface area contributed by atoms with Gasteiger partial charge in [0, 0.05) is 37.2 Å². The first-order chi connectivity index (χ1) is 18.9. The van der Waals surface area contributed by atoms with E-state index in [4.69, 9.17) is 4.74 Å². The molecule has 1 N–H and O–H groups in total. The van der Waals surface area contributed by atoms with E-state index >= 15 is 0 Å². The van der Waals surface area contributed by atoms with Gasteiger partial charge in [0.2, 0.25) is 5.91 Å². The number of hydrogen-bond donors (Lipinski definition) is 1. The van der Waals surface area contributed by atoms with Crippen molar-refractivity contribution in [2.45, 2.75) is 25.6 Å². The highest BCUT2D eigenvalue weighted by atomic mass is 19.4. The molecule has 0 saturated carbocycles. The van der Waals surface area contributed by atoms with Crippen molar-refractivity contribution in [2.24, 2.45) is 0 Å². The third kappa shape index (κ3) is 6.11. The number of nitro benzene ring substituents is 1. The molecule has 0 unspecified atom stereocenters. The van der Waals surface area contributed by atoms with Crippen LogP contribution in [0.1, 0.15) is 29.7 Å². The number of likely N-dealkylation sites (N-methyl/N-ethyl adjacent to an activating group) is 1. The summed E-state index contributed by atoms with van der Waals surface area (Å²) in [5.74, 6) is 0.833. The van der Waals surface area contributed by atoms with Gasteiger partial charge in [-0.3, -0.25) is 14.9 Å². The van der Waals surface area contributed by atoms with E-state index in [0.717, 1.165) is 28.8 Å². The van der Waals surface area contributed by atoms with E-state index in [-0.39, 0.29) is 17.9 Å². The maximum atomic E-state index is 13.4. The number of amides is 1. The lowest BCUT2D eigenvalue weighted by Crippen LogP contribution is -2.23. The van der Waals surface area contributed by atoms with Crippen LogP contribution in [0, 0.1) is 10.1 Å². The summed E-state index contributed by atoms with van der Waals surface area (Å²) >= 11 is 0. The maximum Gasteiger partial charge on any atom is 0.416 e. The molecule has 4 aromatic rings. The molecule has 9 nitrogen and oxygen atoms in total. The van der Waals surface area contributed by atoms with Gasteiger partial charge in [0.05, 0.1) is 35.6 Å². The van der Waals surface area contributed by atoms with Gasteiger partial charge < -0.3 is 15.0 Å². The smallest absolute Gasteiger partial charge is 0.416 e. The maximum absolute atomic E-state index is 13.4. The Balaban J connectivity index is 1.70. The number of anilines is 1. The average molecular weight is 554 g/mol. The first kappa shape index (κ1) is 28.3. The number of rotatable bonds is 8. The standard InChI is InChI=1S/C28H26F3N5O4/c1-16(20-9-21(28(29,30)31)14-22(10-20)36(38)39)34-27-23-11-17(7-8-24(23)32-15-33-27)18-5-6-19(25(12-18)40-4)13-26(37)35(2)3/h5-12,14-16H,13H2,1-4H3,(H,32,33,34)/t16-/m1/s1. The summed E-state index contributed by atoms with van der Waals surface area (Å²) in [5.41, 5.74) is 1.23. The van der Waals surface area contributed by atoms with Crippen molar-refractivity contribution in [3.8, 4) is 16.9 Å². The number of alkyl halides is 3. The van der Waals surface area contributed by atoms with Crippen molar-refractivity contribution in [1.29, 1.82) is 0 Å². The van der Waals surface area contributed by atoms with E-state index in [9.17, 15) is 28.1 Å². The van der Waals surface area contributed by atoms with Crippen LogP contribution in [-0.2, 0) is 17.4 Å². The molecule has 0 fully saturated rings. The lowest BCUT2D eigenvalue weighted by Gasteiger charge is -2.18. The molecule has 40 heavy (non-hydrogen) atoms. The fourth-order valence-electron chi connectivity index (χ4n) is 4.18. The predicted molar refractivity (Wildman–Crippen MR) is 144 cm³/mol. The van der Waals surface area contributed by atoms with Gasteiger partial charge >= 0.3 is 6.18 Å². The number of nitrogens with zero attached hydrogens (tertiary/aromatic N) is 4. The van der Waals surface area contributed by atoms with Crippen LogP contribution in [0.3, 0.4) is 0 Å². The zero-order chi connectivity index (χ0) is 29.2.